The standard InChI is InChI=1S/C14H21N7O2/c1-22-5-3-21-9-17-20-13(21)7-16-12-6-11(18-14(15)19-12)10-2-4-23-8-10/h6,9-10H,2-5,7-8H2,1H3,(H3,15,16,18,19). The molecule has 1 aliphatic heterocycles. The van der Waals surface area contributed by atoms with Crippen LogP contribution in [-0.2, 0) is 22.6 Å². The van der Waals surface area contributed by atoms with Gasteiger partial charge in [0.1, 0.15) is 12.1 Å². The first-order chi connectivity index (χ1) is 11.3. The molecule has 1 aliphatic rings. The molecule has 1 atom stereocenters. The summed E-state index contributed by atoms with van der Waals surface area (Å²) < 4.78 is 12.4. The van der Waals surface area contributed by atoms with Gasteiger partial charge in [0.25, 0.3) is 0 Å². The third-order valence-corrected chi connectivity index (χ3v) is 3.77. The molecule has 1 saturated heterocycles. The first kappa shape index (κ1) is 15.6. The molecule has 3 N–H and O–H groups in total. The van der Waals surface area contributed by atoms with Crippen LogP contribution in [-0.4, -0.2) is 51.7 Å². The second-order valence-electron chi connectivity index (χ2n) is 5.38. The first-order valence-electron chi connectivity index (χ1n) is 7.58. The number of methoxy groups -OCH3 is 1. The SMILES string of the molecule is COCCn1cnnc1CNc1cc(C2CCOC2)nc(N)n1. The first-order valence-corrected chi connectivity index (χ1v) is 7.58. The molecule has 23 heavy (non-hydrogen) atoms. The molecule has 0 bridgehead atoms. The molecule has 2 aromatic rings. The molecule has 0 radical (unpaired) electrons. The van der Waals surface area contributed by atoms with E-state index in [2.05, 4.69) is 25.5 Å². The molecule has 3 heterocycles. The summed E-state index contributed by atoms with van der Waals surface area (Å²) in [6.07, 6.45) is 2.65. The monoisotopic (exact) mass is 319 g/mol. The fourth-order valence-electron chi connectivity index (χ4n) is 2.51. The van der Waals surface area contributed by atoms with Crippen LogP contribution in [0.25, 0.3) is 0 Å². The Morgan fingerprint density at radius 1 is 1.48 bits per heavy atom. The van der Waals surface area contributed by atoms with Gasteiger partial charge in [0.2, 0.25) is 5.95 Å². The zero-order chi connectivity index (χ0) is 16.1. The van der Waals surface area contributed by atoms with Crippen molar-refractivity contribution in [2.24, 2.45) is 0 Å². The minimum Gasteiger partial charge on any atom is -0.383 e. The van der Waals surface area contributed by atoms with E-state index >= 15 is 0 Å². The van der Waals surface area contributed by atoms with Gasteiger partial charge in [0, 0.05) is 32.2 Å². The molecule has 0 aromatic carbocycles. The van der Waals surface area contributed by atoms with Gasteiger partial charge in [-0.1, -0.05) is 0 Å². The summed E-state index contributed by atoms with van der Waals surface area (Å²) in [6.45, 7) is 3.26. The highest BCUT2D eigenvalue weighted by molar-refractivity contribution is 5.41. The van der Waals surface area contributed by atoms with E-state index in [1.807, 2.05) is 10.6 Å². The second-order valence-corrected chi connectivity index (χ2v) is 5.38. The van der Waals surface area contributed by atoms with Crippen LogP contribution in [0.15, 0.2) is 12.4 Å². The number of hydrogen-bond acceptors (Lipinski definition) is 8. The zero-order valence-electron chi connectivity index (χ0n) is 13.1. The fraction of sp³-hybridized carbons (Fsp3) is 0.571. The molecule has 1 unspecified atom stereocenters. The minimum atomic E-state index is 0.262. The molecule has 0 saturated carbocycles. The summed E-state index contributed by atoms with van der Waals surface area (Å²) in [5, 5.41) is 11.3. The Bertz CT molecular complexity index is 640. The number of nitrogens with two attached hydrogens (primary N) is 1. The van der Waals surface area contributed by atoms with E-state index in [0.717, 1.165) is 24.5 Å². The Labute approximate surface area is 134 Å². The van der Waals surface area contributed by atoms with Gasteiger partial charge in [-0.25, -0.2) is 4.98 Å². The molecular formula is C14H21N7O2. The average Bonchev–Trinajstić information content (AvgIpc) is 3.22. The van der Waals surface area contributed by atoms with E-state index < -0.39 is 0 Å². The number of aromatic nitrogens is 5. The van der Waals surface area contributed by atoms with Crippen molar-refractivity contribution in [1.29, 1.82) is 0 Å². The number of rotatable bonds is 7. The van der Waals surface area contributed by atoms with Crippen molar-refractivity contribution in [3.63, 3.8) is 0 Å². The van der Waals surface area contributed by atoms with E-state index in [1.165, 1.54) is 0 Å². The number of hydrogen-bond donors (Lipinski definition) is 2. The van der Waals surface area contributed by atoms with E-state index in [9.17, 15) is 0 Å². The molecule has 124 valence electrons. The van der Waals surface area contributed by atoms with E-state index in [1.54, 1.807) is 13.4 Å². The Hall–Kier alpha value is -2.26. The normalized spacial score (nSPS) is 17.5. The van der Waals surface area contributed by atoms with Crippen LogP contribution in [0.2, 0.25) is 0 Å². The lowest BCUT2D eigenvalue weighted by Gasteiger charge is -2.11. The Morgan fingerprint density at radius 3 is 3.17 bits per heavy atom. The predicted molar refractivity (Wildman–Crippen MR) is 83.8 cm³/mol. The average molecular weight is 319 g/mol. The number of ether oxygens (including phenoxy) is 2. The van der Waals surface area contributed by atoms with E-state index in [0.29, 0.717) is 32.1 Å². The summed E-state index contributed by atoms with van der Waals surface area (Å²) in [6, 6.07) is 1.92. The van der Waals surface area contributed by atoms with Gasteiger partial charge in [0.15, 0.2) is 5.82 Å². The lowest BCUT2D eigenvalue weighted by molar-refractivity contribution is 0.186. The third-order valence-electron chi connectivity index (χ3n) is 3.77. The number of nitrogen functional groups attached to an aromatic ring is 1. The molecule has 0 amide bonds. The summed E-state index contributed by atoms with van der Waals surface area (Å²) in [5.41, 5.74) is 6.73. The topological polar surface area (TPSA) is 113 Å². The molecule has 9 nitrogen and oxygen atoms in total. The van der Waals surface area contributed by atoms with Crippen molar-refractivity contribution in [2.45, 2.75) is 25.4 Å². The third kappa shape index (κ3) is 3.93. The zero-order valence-corrected chi connectivity index (χ0v) is 13.1. The van der Waals surface area contributed by atoms with Crippen molar-refractivity contribution in [3.05, 3.63) is 23.9 Å². The van der Waals surface area contributed by atoms with Crippen molar-refractivity contribution in [3.8, 4) is 0 Å². The molecule has 3 rings (SSSR count). The van der Waals surface area contributed by atoms with Crippen LogP contribution >= 0.6 is 0 Å². The molecule has 1 fully saturated rings. The lowest BCUT2D eigenvalue weighted by Crippen LogP contribution is -2.13. The highest BCUT2D eigenvalue weighted by Gasteiger charge is 2.20. The van der Waals surface area contributed by atoms with Crippen LogP contribution in [0.3, 0.4) is 0 Å². The van der Waals surface area contributed by atoms with Crippen LogP contribution < -0.4 is 11.1 Å². The lowest BCUT2D eigenvalue weighted by atomic mass is 10.0. The molecule has 2 aromatic heterocycles. The van der Waals surface area contributed by atoms with Crippen molar-refractivity contribution in [2.75, 3.05) is 38.0 Å². The quantitative estimate of drug-likeness (QED) is 0.754. The van der Waals surface area contributed by atoms with Gasteiger partial charge in [-0.05, 0) is 6.42 Å². The van der Waals surface area contributed by atoms with Crippen LogP contribution in [0.1, 0.15) is 23.9 Å². The Kier molecular flexibility index (Phi) is 4.99. The smallest absolute Gasteiger partial charge is 0.222 e. The van der Waals surface area contributed by atoms with Crippen molar-refractivity contribution < 1.29 is 9.47 Å². The Balaban J connectivity index is 1.67. The largest absolute Gasteiger partial charge is 0.383 e. The Morgan fingerprint density at radius 2 is 2.39 bits per heavy atom. The van der Waals surface area contributed by atoms with Crippen LogP contribution in [0.5, 0.6) is 0 Å². The maximum absolute atomic E-state index is 5.82. The molecule has 9 heteroatoms. The van der Waals surface area contributed by atoms with Crippen molar-refractivity contribution >= 4 is 11.8 Å². The number of nitrogens with one attached hydrogen (secondary N) is 1. The summed E-state index contributed by atoms with van der Waals surface area (Å²) in [5.74, 6) is 2.04. The number of anilines is 2. The predicted octanol–water partition coefficient (Wildman–Crippen LogP) is 0.413. The second kappa shape index (κ2) is 7.34. The van der Waals surface area contributed by atoms with Crippen LogP contribution in [0, 0.1) is 0 Å². The molecular weight excluding hydrogens is 298 g/mol. The van der Waals surface area contributed by atoms with Gasteiger partial charge in [0.05, 0.1) is 25.5 Å². The van der Waals surface area contributed by atoms with Gasteiger partial charge >= 0.3 is 0 Å². The van der Waals surface area contributed by atoms with E-state index in [-0.39, 0.29) is 11.9 Å². The fourth-order valence-corrected chi connectivity index (χ4v) is 2.51. The van der Waals surface area contributed by atoms with Gasteiger partial charge in [-0.15, -0.1) is 10.2 Å². The molecule has 0 spiro atoms. The highest BCUT2D eigenvalue weighted by atomic mass is 16.5. The summed E-state index contributed by atoms with van der Waals surface area (Å²) in [7, 11) is 1.67. The van der Waals surface area contributed by atoms with Crippen molar-refractivity contribution in [1.82, 2.24) is 24.7 Å². The minimum absolute atomic E-state index is 0.262. The molecule has 0 aliphatic carbocycles. The summed E-state index contributed by atoms with van der Waals surface area (Å²) in [4.78, 5) is 8.54. The van der Waals surface area contributed by atoms with Gasteiger partial charge < -0.3 is 25.1 Å². The maximum atomic E-state index is 5.82. The van der Waals surface area contributed by atoms with E-state index in [4.69, 9.17) is 15.2 Å². The van der Waals surface area contributed by atoms with Gasteiger partial charge in [-0.3, -0.25) is 0 Å². The van der Waals surface area contributed by atoms with Crippen LogP contribution in [0.4, 0.5) is 11.8 Å². The summed E-state index contributed by atoms with van der Waals surface area (Å²) >= 11 is 0. The van der Waals surface area contributed by atoms with Gasteiger partial charge in [-0.2, -0.15) is 4.98 Å². The highest BCUT2D eigenvalue weighted by Crippen LogP contribution is 2.25. The number of nitrogens with zero attached hydrogens (tertiary/aromatic N) is 5. The maximum Gasteiger partial charge on any atom is 0.222 e.